The average molecular weight is 442 g/mol. The number of aryl methyl sites for hydroxylation is 1. The molecule has 0 radical (unpaired) electrons. The van der Waals surface area contributed by atoms with E-state index < -0.39 is 0 Å². The number of rotatable bonds is 10. The first-order valence-electron chi connectivity index (χ1n) is 11.5. The van der Waals surface area contributed by atoms with Crippen LogP contribution in [0.5, 0.6) is 0 Å². The Morgan fingerprint density at radius 3 is 2.78 bits per heavy atom. The van der Waals surface area contributed by atoms with Crippen molar-refractivity contribution in [2.75, 3.05) is 20.2 Å². The Hall–Kier alpha value is -2.94. The molecule has 1 atom stereocenters. The quantitative estimate of drug-likeness (QED) is 0.296. The number of nitrogens with zero attached hydrogens (tertiary/aromatic N) is 4. The molecule has 0 aliphatic carbocycles. The first kappa shape index (κ1) is 23.7. The van der Waals surface area contributed by atoms with Crippen LogP contribution in [0.4, 0.5) is 0 Å². The highest BCUT2D eigenvalue weighted by Gasteiger charge is 2.22. The third-order valence-electron chi connectivity index (χ3n) is 5.31. The van der Waals surface area contributed by atoms with E-state index in [1.807, 2.05) is 28.9 Å². The molecule has 0 bridgehead atoms. The second-order valence-electron chi connectivity index (χ2n) is 7.94. The number of hydrogen-bond donors (Lipinski definition) is 3. The van der Waals surface area contributed by atoms with Crippen LogP contribution < -0.4 is 16.0 Å². The van der Waals surface area contributed by atoms with E-state index in [0.717, 1.165) is 61.9 Å². The van der Waals surface area contributed by atoms with Gasteiger partial charge in [0.25, 0.3) is 5.91 Å². The zero-order valence-electron chi connectivity index (χ0n) is 19.4. The van der Waals surface area contributed by atoms with E-state index in [2.05, 4.69) is 39.9 Å². The molecule has 9 nitrogen and oxygen atoms in total. The zero-order chi connectivity index (χ0) is 22.8. The Morgan fingerprint density at radius 2 is 2.06 bits per heavy atom. The number of fused-ring (bicyclic) bond motifs is 1. The van der Waals surface area contributed by atoms with Crippen LogP contribution in [-0.4, -0.2) is 52.9 Å². The summed E-state index contributed by atoms with van der Waals surface area (Å²) in [5.74, 6) is 2.49. The molecule has 1 amide bonds. The van der Waals surface area contributed by atoms with Crippen LogP contribution in [0, 0.1) is 0 Å². The van der Waals surface area contributed by atoms with Gasteiger partial charge in [-0.25, -0.2) is 14.7 Å². The topological polar surface area (TPSA) is 105 Å². The molecule has 0 spiro atoms. The van der Waals surface area contributed by atoms with Crippen LogP contribution in [-0.2, 0) is 30.9 Å². The molecule has 3 rings (SSSR count). The molecule has 3 N–H and O–H groups in total. The van der Waals surface area contributed by atoms with E-state index in [9.17, 15) is 4.79 Å². The van der Waals surface area contributed by atoms with Crippen LogP contribution >= 0.6 is 0 Å². The maximum absolute atomic E-state index is 12.2. The third kappa shape index (κ3) is 6.78. The van der Waals surface area contributed by atoms with Crippen LogP contribution in [0.1, 0.15) is 60.7 Å². The van der Waals surface area contributed by atoms with Crippen molar-refractivity contribution < 1.29 is 9.53 Å². The number of ether oxygens (including phenoxy) is 1. The molecule has 1 aliphatic rings. The second kappa shape index (κ2) is 12.2. The maximum Gasteiger partial charge on any atom is 0.251 e. The Morgan fingerprint density at radius 1 is 1.25 bits per heavy atom. The number of benzene rings is 1. The van der Waals surface area contributed by atoms with E-state index >= 15 is 0 Å². The fraction of sp³-hybridized carbons (Fsp3) is 0.565. The monoisotopic (exact) mass is 441 g/mol. The number of unbranched alkanes of at least 4 members (excludes halogenated alkanes) is 1. The lowest BCUT2D eigenvalue weighted by molar-refractivity contribution is 0.0953. The lowest BCUT2D eigenvalue weighted by Gasteiger charge is -2.25. The van der Waals surface area contributed by atoms with Gasteiger partial charge in [-0.2, -0.15) is 5.10 Å². The smallest absolute Gasteiger partial charge is 0.251 e. The Kier molecular flexibility index (Phi) is 9.03. The summed E-state index contributed by atoms with van der Waals surface area (Å²) in [5, 5.41) is 14.3. The van der Waals surface area contributed by atoms with Gasteiger partial charge in [0.05, 0.1) is 13.1 Å². The van der Waals surface area contributed by atoms with Crippen molar-refractivity contribution in [3.05, 3.63) is 47.0 Å². The molecule has 9 heteroatoms. The molecule has 2 aromatic rings. The summed E-state index contributed by atoms with van der Waals surface area (Å²) in [6.07, 6.45) is 3.90. The molecule has 1 aromatic carbocycles. The van der Waals surface area contributed by atoms with Crippen molar-refractivity contribution >= 4 is 11.9 Å². The highest BCUT2D eigenvalue weighted by atomic mass is 16.5. The number of aliphatic imine (C=N–C) groups is 1. The van der Waals surface area contributed by atoms with Gasteiger partial charge >= 0.3 is 0 Å². The highest BCUT2D eigenvalue weighted by Crippen LogP contribution is 2.13. The summed E-state index contributed by atoms with van der Waals surface area (Å²) < 4.78 is 7.10. The molecule has 2 heterocycles. The molecular weight excluding hydrogens is 406 g/mol. The van der Waals surface area contributed by atoms with Gasteiger partial charge in [0.2, 0.25) is 0 Å². The van der Waals surface area contributed by atoms with E-state index in [0.29, 0.717) is 25.3 Å². The van der Waals surface area contributed by atoms with Crippen molar-refractivity contribution in [1.29, 1.82) is 0 Å². The fourth-order valence-electron chi connectivity index (χ4n) is 3.59. The molecular formula is C23H35N7O2. The average Bonchev–Trinajstić information content (AvgIpc) is 3.20. The molecule has 1 aliphatic heterocycles. The largest absolute Gasteiger partial charge is 0.377 e. The minimum Gasteiger partial charge on any atom is -0.377 e. The van der Waals surface area contributed by atoms with Crippen molar-refractivity contribution in [1.82, 2.24) is 30.7 Å². The number of carbonyl (C=O) groups excluding carboxylic acids is 1. The summed E-state index contributed by atoms with van der Waals surface area (Å²) >= 11 is 0. The second-order valence-corrected chi connectivity index (χ2v) is 7.94. The van der Waals surface area contributed by atoms with Crippen molar-refractivity contribution in [3.8, 4) is 0 Å². The Balaban J connectivity index is 1.56. The molecule has 0 saturated heterocycles. The van der Waals surface area contributed by atoms with E-state index in [1.54, 1.807) is 7.11 Å². The SMILES string of the molecule is CCCCNC(=O)c1ccc(CN=C(NCC)NC2CCc3nc(COC)nn3C2)cc1. The Bertz CT molecular complexity index is 892. The minimum absolute atomic E-state index is 0.0260. The van der Waals surface area contributed by atoms with Gasteiger partial charge in [0, 0.05) is 38.2 Å². The number of methoxy groups -OCH3 is 1. The lowest BCUT2D eigenvalue weighted by atomic mass is 10.1. The normalized spacial score (nSPS) is 15.8. The maximum atomic E-state index is 12.2. The number of carbonyl (C=O) groups is 1. The van der Waals surface area contributed by atoms with Crippen molar-refractivity contribution in [3.63, 3.8) is 0 Å². The summed E-state index contributed by atoms with van der Waals surface area (Å²) in [4.78, 5) is 21.4. The van der Waals surface area contributed by atoms with Crippen LogP contribution in [0.3, 0.4) is 0 Å². The Labute approximate surface area is 190 Å². The van der Waals surface area contributed by atoms with Crippen molar-refractivity contribution in [2.24, 2.45) is 4.99 Å². The molecule has 174 valence electrons. The van der Waals surface area contributed by atoms with Gasteiger partial charge in [-0.1, -0.05) is 25.5 Å². The fourth-order valence-corrected chi connectivity index (χ4v) is 3.59. The number of nitrogens with one attached hydrogen (secondary N) is 3. The third-order valence-corrected chi connectivity index (χ3v) is 5.31. The minimum atomic E-state index is -0.0260. The van der Waals surface area contributed by atoms with Gasteiger partial charge in [0.15, 0.2) is 11.8 Å². The van der Waals surface area contributed by atoms with E-state index in [1.165, 1.54) is 0 Å². The number of guanidine groups is 1. The highest BCUT2D eigenvalue weighted by molar-refractivity contribution is 5.94. The van der Waals surface area contributed by atoms with Crippen LogP contribution in [0.15, 0.2) is 29.3 Å². The molecule has 0 saturated carbocycles. The summed E-state index contributed by atoms with van der Waals surface area (Å²) in [7, 11) is 1.65. The zero-order valence-corrected chi connectivity index (χ0v) is 19.4. The lowest BCUT2D eigenvalue weighted by Crippen LogP contribution is -2.47. The predicted molar refractivity (Wildman–Crippen MR) is 124 cm³/mol. The number of hydrogen-bond acceptors (Lipinski definition) is 5. The summed E-state index contributed by atoms with van der Waals surface area (Å²) in [6.45, 7) is 7.37. The molecule has 1 unspecified atom stereocenters. The van der Waals surface area contributed by atoms with Gasteiger partial charge in [-0.15, -0.1) is 0 Å². The predicted octanol–water partition coefficient (Wildman–Crippen LogP) is 2.02. The number of aromatic nitrogens is 3. The number of amides is 1. The van der Waals surface area contributed by atoms with Gasteiger partial charge in [-0.3, -0.25) is 4.79 Å². The van der Waals surface area contributed by atoms with Gasteiger partial charge < -0.3 is 20.7 Å². The van der Waals surface area contributed by atoms with Gasteiger partial charge in [-0.05, 0) is 37.5 Å². The van der Waals surface area contributed by atoms with E-state index in [-0.39, 0.29) is 11.9 Å². The molecule has 32 heavy (non-hydrogen) atoms. The van der Waals surface area contributed by atoms with Crippen LogP contribution in [0.25, 0.3) is 0 Å². The molecule has 0 fully saturated rings. The summed E-state index contributed by atoms with van der Waals surface area (Å²) in [6, 6.07) is 7.87. The summed E-state index contributed by atoms with van der Waals surface area (Å²) in [5.41, 5.74) is 1.73. The van der Waals surface area contributed by atoms with Gasteiger partial charge in [0.1, 0.15) is 12.4 Å². The first-order valence-corrected chi connectivity index (χ1v) is 11.5. The standard InChI is InChI=1S/C23H35N7O2/c1-4-6-13-25-22(31)18-9-7-17(8-10-18)14-26-23(24-5-2)27-19-11-12-21-28-20(16-32-3)29-30(21)15-19/h7-10,19H,4-6,11-16H2,1-3H3,(H,25,31)(H2,24,26,27). The van der Waals surface area contributed by atoms with Crippen molar-refractivity contribution in [2.45, 2.75) is 65.3 Å². The first-order chi connectivity index (χ1) is 15.6. The van der Waals surface area contributed by atoms with Crippen LogP contribution in [0.2, 0.25) is 0 Å². The molecule has 1 aromatic heterocycles. The van der Waals surface area contributed by atoms with E-state index in [4.69, 9.17) is 9.73 Å².